The first-order valence-corrected chi connectivity index (χ1v) is 7.96. The summed E-state index contributed by atoms with van der Waals surface area (Å²) >= 11 is 3.29. The first-order valence-electron chi connectivity index (χ1n) is 7.17. The topological polar surface area (TPSA) is 24.5 Å². The summed E-state index contributed by atoms with van der Waals surface area (Å²) in [4.78, 5) is 2.30. The molecule has 5 heteroatoms. The largest absolute Gasteiger partial charge is 0.378 e. The van der Waals surface area contributed by atoms with Gasteiger partial charge >= 0.3 is 0 Å². The number of ether oxygens (including phenoxy) is 1. The van der Waals surface area contributed by atoms with Crippen LogP contribution in [0.4, 0.5) is 4.39 Å². The fourth-order valence-electron chi connectivity index (χ4n) is 2.40. The molecule has 1 atom stereocenters. The van der Waals surface area contributed by atoms with Gasteiger partial charge in [0.25, 0.3) is 0 Å². The SMILES string of the molecule is CCCNCC1COCCN1Cc1ccc(Br)cc1F. The molecule has 1 aromatic carbocycles. The zero-order valence-corrected chi connectivity index (χ0v) is 13.5. The van der Waals surface area contributed by atoms with E-state index in [2.05, 4.69) is 33.1 Å². The Labute approximate surface area is 128 Å². The molecule has 1 aromatic rings. The molecule has 0 amide bonds. The molecule has 0 radical (unpaired) electrons. The Kier molecular flexibility index (Phi) is 6.42. The van der Waals surface area contributed by atoms with Crippen LogP contribution in [0.2, 0.25) is 0 Å². The summed E-state index contributed by atoms with van der Waals surface area (Å²) in [5, 5.41) is 3.42. The summed E-state index contributed by atoms with van der Waals surface area (Å²) < 4.78 is 20.3. The van der Waals surface area contributed by atoms with Crippen molar-refractivity contribution >= 4 is 15.9 Å². The molecule has 1 N–H and O–H groups in total. The highest BCUT2D eigenvalue weighted by molar-refractivity contribution is 9.10. The van der Waals surface area contributed by atoms with Gasteiger partial charge in [0, 0.05) is 35.7 Å². The average molecular weight is 345 g/mol. The second-order valence-corrected chi connectivity index (χ2v) is 6.05. The highest BCUT2D eigenvalue weighted by atomic mass is 79.9. The molecule has 1 heterocycles. The standard InChI is InChI=1S/C15H22BrFN2O/c1-2-5-18-9-14-11-20-7-6-19(14)10-12-3-4-13(16)8-15(12)17/h3-4,8,14,18H,2,5-7,9-11H2,1H3. The van der Waals surface area contributed by atoms with Crippen LogP contribution in [0.5, 0.6) is 0 Å². The highest BCUT2D eigenvalue weighted by Crippen LogP contribution is 2.18. The predicted molar refractivity (Wildman–Crippen MR) is 82.3 cm³/mol. The van der Waals surface area contributed by atoms with Gasteiger partial charge in [-0.05, 0) is 25.1 Å². The van der Waals surface area contributed by atoms with E-state index in [0.717, 1.165) is 49.3 Å². The Morgan fingerprint density at radius 2 is 2.35 bits per heavy atom. The van der Waals surface area contributed by atoms with Gasteiger partial charge in [0.15, 0.2) is 0 Å². The highest BCUT2D eigenvalue weighted by Gasteiger charge is 2.23. The van der Waals surface area contributed by atoms with Crippen LogP contribution in [0.3, 0.4) is 0 Å². The van der Waals surface area contributed by atoms with E-state index in [9.17, 15) is 4.39 Å². The molecule has 0 spiro atoms. The van der Waals surface area contributed by atoms with Crippen LogP contribution >= 0.6 is 15.9 Å². The molecule has 112 valence electrons. The normalized spacial score (nSPS) is 20.2. The van der Waals surface area contributed by atoms with Crippen molar-refractivity contribution in [3.05, 3.63) is 34.1 Å². The van der Waals surface area contributed by atoms with Crippen molar-refractivity contribution < 1.29 is 9.13 Å². The fourth-order valence-corrected chi connectivity index (χ4v) is 2.73. The molecule has 1 aliphatic heterocycles. The summed E-state index contributed by atoms with van der Waals surface area (Å²) in [6.07, 6.45) is 1.12. The minimum absolute atomic E-state index is 0.147. The molecule has 2 rings (SSSR count). The summed E-state index contributed by atoms with van der Waals surface area (Å²) in [5.41, 5.74) is 0.746. The van der Waals surface area contributed by atoms with E-state index in [-0.39, 0.29) is 5.82 Å². The Hall–Kier alpha value is -0.490. The summed E-state index contributed by atoms with van der Waals surface area (Å²) in [6.45, 7) is 6.99. The van der Waals surface area contributed by atoms with Gasteiger partial charge in [0.05, 0.1) is 13.2 Å². The minimum Gasteiger partial charge on any atom is -0.378 e. The zero-order valence-electron chi connectivity index (χ0n) is 11.9. The summed E-state index contributed by atoms with van der Waals surface area (Å²) in [7, 11) is 0. The summed E-state index contributed by atoms with van der Waals surface area (Å²) in [6, 6.07) is 5.59. The Balaban J connectivity index is 1.97. The van der Waals surface area contributed by atoms with Gasteiger partial charge in [-0.15, -0.1) is 0 Å². The number of hydrogen-bond acceptors (Lipinski definition) is 3. The van der Waals surface area contributed by atoms with Gasteiger partial charge in [0.2, 0.25) is 0 Å². The second kappa shape index (κ2) is 8.08. The molecule has 0 aliphatic carbocycles. The predicted octanol–water partition coefficient (Wildman–Crippen LogP) is 2.79. The van der Waals surface area contributed by atoms with Crippen LogP contribution in [0.25, 0.3) is 0 Å². The van der Waals surface area contributed by atoms with Gasteiger partial charge in [-0.2, -0.15) is 0 Å². The Bertz CT molecular complexity index is 430. The Morgan fingerprint density at radius 3 is 3.10 bits per heavy atom. The van der Waals surface area contributed by atoms with E-state index in [1.165, 1.54) is 6.07 Å². The van der Waals surface area contributed by atoms with Crippen LogP contribution < -0.4 is 5.32 Å². The second-order valence-electron chi connectivity index (χ2n) is 5.14. The fraction of sp³-hybridized carbons (Fsp3) is 0.600. The third kappa shape index (κ3) is 4.52. The number of benzene rings is 1. The monoisotopic (exact) mass is 344 g/mol. The molecule has 0 aromatic heterocycles. The molecule has 1 saturated heterocycles. The molecule has 1 unspecified atom stereocenters. The molecule has 20 heavy (non-hydrogen) atoms. The smallest absolute Gasteiger partial charge is 0.128 e. The molecule has 1 aliphatic rings. The maximum atomic E-state index is 13.9. The first kappa shape index (κ1) is 15.9. The van der Waals surface area contributed by atoms with Crippen molar-refractivity contribution in [2.75, 3.05) is 32.8 Å². The number of nitrogens with zero attached hydrogens (tertiary/aromatic N) is 1. The van der Waals surface area contributed by atoms with Crippen molar-refractivity contribution in [2.24, 2.45) is 0 Å². The van der Waals surface area contributed by atoms with Crippen LogP contribution in [-0.2, 0) is 11.3 Å². The minimum atomic E-state index is -0.147. The number of halogens is 2. The third-order valence-electron chi connectivity index (χ3n) is 3.54. The van der Waals surface area contributed by atoms with Crippen LogP contribution in [0.1, 0.15) is 18.9 Å². The van der Waals surface area contributed by atoms with Gasteiger partial charge in [0.1, 0.15) is 5.82 Å². The van der Waals surface area contributed by atoms with Crippen molar-refractivity contribution in [1.82, 2.24) is 10.2 Å². The van der Waals surface area contributed by atoms with E-state index in [0.29, 0.717) is 12.6 Å². The Morgan fingerprint density at radius 1 is 1.50 bits per heavy atom. The van der Waals surface area contributed by atoms with E-state index in [1.54, 1.807) is 0 Å². The van der Waals surface area contributed by atoms with E-state index < -0.39 is 0 Å². The number of rotatable bonds is 6. The number of hydrogen-bond donors (Lipinski definition) is 1. The lowest BCUT2D eigenvalue weighted by Crippen LogP contribution is -2.50. The third-order valence-corrected chi connectivity index (χ3v) is 4.04. The van der Waals surface area contributed by atoms with Crippen LogP contribution in [0, 0.1) is 5.82 Å². The van der Waals surface area contributed by atoms with Crippen LogP contribution in [0.15, 0.2) is 22.7 Å². The maximum Gasteiger partial charge on any atom is 0.128 e. The number of morpholine rings is 1. The summed E-state index contributed by atoms with van der Waals surface area (Å²) in [5.74, 6) is -0.147. The van der Waals surface area contributed by atoms with Crippen molar-refractivity contribution in [3.63, 3.8) is 0 Å². The van der Waals surface area contributed by atoms with E-state index in [1.807, 2.05) is 12.1 Å². The van der Waals surface area contributed by atoms with Crippen molar-refractivity contribution in [3.8, 4) is 0 Å². The molecule has 3 nitrogen and oxygen atoms in total. The zero-order chi connectivity index (χ0) is 14.4. The lowest BCUT2D eigenvalue weighted by atomic mass is 10.1. The lowest BCUT2D eigenvalue weighted by molar-refractivity contribution is -0.0112. The molecular formula is C15H22BrFN2O. The van der Waals surface area contributed by atoms with Gasteiger partial charge in [-0.25, -0.2) is 4.39 Å². The maximum absolute atomic E-state index is 13.9. The average Bonchev–Trinajstić information content (AvgIpc) is 2.44. The number of nitrogens with one attached hydrogen (secondary N) is 1. The van der Waals surface area contributed by atoms with Crippen LogP contribution in [-0.4, -0.2) is 43.8 Å². The first-order chi connectivity index (χ1) is 9.70. The van der Waals surface area contributed by atoms with Crippen molar-refractivity contribution in [2.45, 2.75) is 25.9 Å². The van der Waals surface area contributed by atoms with Gasteiger partial charge in [-0.3, -0.25) is 4.90 Å². The quantitative estimate of drug-likeness (QED) is 0.803. The van der Waals surface area contributed by atoms with E-state index >= 15 is 0 Å². The molecule has 1 fully saturated rings. The van der Waals surface area contributed by atoms with E-state index in [4.69, 9.17) is 4.74 Å². The molecule has 0 bridgehead atoms. The molecule has 0 saturated carbocycles. The van der Waals surface area contributed by atoms with Gasteiger partial charge in [-0.1, -0.05) is 28.9 Å². The molecular weight excluding hydrogens is 323 g/mol. The van der Waals surface area contributed by atoms with Gasteiger partial charge < -0.3 is 10.1 Å². The lowest BCUT2D eigenvalue weighted by Gasteiger charge is -2.35. The van der Waals surface area contributed by atoms with Crippen molar-refractivity contribution in [1.29, 1.82) is 0 Å².